The molecule has 4 heteroatoms. The van der Waals surface area contributed by atoms with Crippen LogP contribution in [0.4, 0.5) is 0 Å². The maximum absolute atomic E-state index is 5.88. The molecule has 1 atom stereocenters. The topological polar surface area (TPSA) is 34.1 Å². The Morgan fingerprint density at radius 2 is 2.35 bits per heavy atom. The van der Waals surface area contributed by atoms with Gasteiger partial charge in [-0.05, 0) is 31.5 Å². The van der Waals surface area contributed by atoms with Crippen LogP contribution in [0.15, 0.2) is 24.3 Å². The van der Waals surface area contributed by atoms with Crippen LogP contribution in [0.25, 0.3) is 10.2 Å². The summed E-state index contributed by atoms with van der Waals surface area (Å²) in [6.07, 6.45) is 2.73. The quantitative estimate of drug-likeness (QED) is 0.906. The molecule has 0 unspecified atom stereocenters. The molecule has 1 aromatic heterocycles. The van der Waals surface area contributed by atoms with Gasteiger partial charge >= 0.3 is 0 Å². The standard InChI is InChI=1S/C13H16N2OS/c1-2-6-12-11(5-1)15-13(17-12)9-16-10-4-3-7-14-8-10/h1-2,5-6,10,14H,3-4,7-9H2/t10-/m0/s1. The molecule has 0 bridgehead atoms. The van der Waals surface area contributed by atoms with Crippen molar-refractivity contribution in [2.45, 2.75) is 25.6 Å². The minimum absolute atomic E-state index is 0.357. The van der Waals surface area contributed by atoms with Gasteiger partial charge in [-0.25, -0.2) is 4.98 Å². The van der Waals surface area contributed by atoms with Crippen LogP contribution in [0.5, 0.6) is 0 Å². The number of piperidine rings is 1. The Balaban J connectivity index is 1.64. The molecule has 1 aromatic carbocycles. The molecule has 0 spiro atoms. The summed E-state index contributed by atoms with van der Waals surface area (Å²) in [5.41, 5.74) is 1.08. The van der Waals surface area contributed by atoms with E-state index in [1.165, 1.54) is 11.1 Å². The van der Waals surface area contributed by atoms with E-state index in [0.717, 1.165) is 30.0 Å². The van der Waals surface area contributed by atoms with Crippen molar-refractivity contribution in [1.82, 2.24) is 10.3 Å². The van der Waals surface area contributed by atoms with Gasteiger partial charge < -0.3 is 10.1 Å². The highest BCUT2D eigenvalue weighted by molar-refractivity contribution is 7.18. The molecule has 0 radical (unpaired) electrons. The van der Waals surface area contributed by atoms with Crippen LogP contribution in [0.3, 0.4) is 0 Å². The SMILES string of the molecule is c1ccc2sc(CO[C@H]3CCCNC3)nc2c1. The molecule has 1 fully saturated rings. The number of nitrogens with one attached hydrogen (secondary N) is 1. The molecular weight excluding hydrogens is 232 g/mol. The van der Waals surface area contributed by atoms with Crippen LogP contribution in [0.1, 0.15) is 17.8 Å². The predicted molar refractivity (Wildman–Crippen MR) is 70.3 cm³/mol. The normalized spacial score (nSPS) is 20.8. The summed E-state index contributed by atoms with van der Waals surface area (Å²) < 4.78 is 7.13. The second-order valence-corrected chi connectivity index (χ2v) is 5.47. The minimum Gasteiger partial charge on any atom is -0.370 e. The molecule has 1 aliphatic heterocycles. The number of thiazole rings is 1. The van der Waals surface area contributed by atoms with Gasteiger partial charge in [-0.3, -0.25) is 0 Å². The van der Waals surface area contributed by atoms with Crippen LogP contribution in [0, 0.1) is 0 Å². The summed E-state index contributed by atoms with van der Waals surface area (Å²) in [5.74, 6) is 0. The first-order valence-corrected chi connectivity index (χ1v) is 6.90. The van der Waals surface area contributed by atoms with Crippen molar-refractivity contribution in [2.24, 2.45) is 0 Å². The van der Waals surface area contributed by atoms with Crippen LogP contribution in [-0.2, 0) is 11.3 Å². The van der Waals surface area contributed by atoms with Crippen molar-refractivity contribution >= 4 is 21.6 Å². The maximum Gasteiger partial charge on any atom is 0.120 e. The molecule has 3 rings (SSSR count). The molecule has 17 heavy (non-hydrogen) atoms. The third-order valence-corrected chi connectivity index (χ3v) is 4.04. The lowest BCUT2D eigenvalue weighted by Gasteiger charge is -2.22. The molecule has 0 aliphatic carbocycles. The van der Waals surface area contributed by atoms with Gasteiger partial charge in [0.1, 0.15) is 5.01 Å². The van der Waals surface area contributed by atoms with Gasteiger partial charge in [-0.15, -0.1) is 11.3 Å². The molecule has 1 N–H and O–H groups in total. The van der Waals surface area contributed by atoms with Crippen molar-refractivity contribution in [1.29, 1.82) is 0 Å². The Hall–Kier alpha value is -0.970. The Kier molecular flexibility index (Phi) is 3.36. The van der Waals surface area contributed by atoms with E-state index in [1.54, 1.807) is 11.3 Å². The molecule has 2 aromatic rings. The molecule has 3 nitrogen and oxygen atoms in total. The third-order valence-electron chi connectivity index (χ3n) is 3.03. The molecule has 2 heterocycles. The van der Waals surface area contributed by atoms with E-state index >= 15 is 0 Å². The van der Waals surface area contributed by atoms with Crippen molar-refractivity contribution in [3.8, 4) is 0 Å². The number of benzene rings is 1. The fourth-order valence-electron chi connectivity index (χ4n) is 2.13. The van der Waals surface area contributed by atoms with Gasteiger partial charge in [0.15, 0.2) is 0 Å². The summed E-state index contributed by atoms with van der Waals surface area (Å²) in [6, 6.07) is 8.24. The van der Waals surface area contributed by atoms with Crippen molar-refractivity contribution in [3.05, 3.63) is 29.3 Å². The average molecular weight is 248 g/mol. The van der Waals surface area contributed by atoms with Crippen LogP contribution in [-0.4, -0.2) is 24.2 Å². The Labute approximate surface area is 105 Å². The molecule has 0 saturated carbocycles. The zero-order valence-corrected chi connectivity index (χ0v) is 10.5. The third kappa shape index (κ3) is 2.65. The van der Waals surface area contributed by atoms with Crippen LogP contribution in [0.2, 0.25) is 0 Å². The highest BCUT2D eigenvalue weighted by Gasteiger charge is 2.14. The largest absolute Gasteiger partial charge is 0.370 e. The molecule has 90 valence electrons. The Morgan fingerprint density at radius 3 is 3.18 bits per heavy atom. The molecule has 1 aliphatic rings. The van der Waals surface area contributed by atoms with E-state index in [-0.39, 0.29) is 0 Å². The van der Waals surface area contributed by atoms with Crippen molar-refractivity contribution in [2.75, 3.05) is 13.1 Å². The summed E-state index contributed by atoms with van der Waals surface area (Å²) in [7, 11) is 0. The molecule has 0 amide bonds. The summed E-state index contributed by atoms with van der Waals surface area (Å²) in [5, 5.41) is 4.44. The predicted octanol–water partition coefficient (Wildman–Crippen LogP) is 2.56. The van der Waals surface area contributed by atoms with Gasteiger partial charge in [0, 0.05) is 6.54 Å². The second kappa shape index (κ2) is 5.12. The summed E-state index contributed by atoms with van der Waals surface area (Å²) >= 11 is 1.73. The fourth-order valence-corrected chi connectivity index (χ4v) is 3.02. The number of para-hydroxylation sites is 1. The van der Waals surface area contributed by atoms with Gasteiger partial charge in [-0.1, -0.05) is 12.1 Å². The van der Waals surface area contributed by atoms with E-state index in [1.807, 2.05) is 6.07 Å². The lowest BCUT2D eigenvalue weighted by atomic mass is 10.1. The maximum atomic E-state index is 5.88. The van der Waals surface area contributed by atoms with Crippen molar-refractivity contribution in [3.63, 3.8) is 0 Å². The van der Waals surface area contributed by atoms with Gasteiger partial charge in [0.25, 0.3) is 0 Å². The highest BCUT2D eigenvalue weighted by atomic mass is 32.1. The van der Waals surface area contributed by atoms with Crippen LogP contribution >= 0.6 is 11.3 Å². The number of nitrogens with zero attached hydrogens (tertiary/aromatic N) is 1. The lowest BCUT2D eigenvalue weighted by molar-refractivity contribution is 0.0253. The highest BCUT2D eigenvalue weighted by Crippen LogP contribution is 2.22. The first-order valence-electron chi connectivity index (χ1n) is 6.08. The van der Waals surface area contributed by atoms with Crippen molar-refractivity contribution < 1.29 is 4.74 Å². The molecular formula is C13H16N2OS. The number of hydrogen-bond donors (Lipinski definition) is 1. The lowest BCUT2D eigenvalue weighted by Crippen LogP contribution is -2.35. The monoisotopic (exact) mass is 248 g/mol. The van der Waals surface area contributed by atoms with Gasteiger partial charge in [0.2, 0.25) is 0 Å². The number of ether oxygens (including phenoxy) is 1. The summed E-state index contributed by atoms with van der Waals surface area (Å²) in [4.78, 5) is 4.57. The number of fused-ring (bicyclic) bond motifs is 1. The van der Waals surface area contributed by atoms with E-state index in [0.29, 0.717) is 12.7 Å². The van der Waals surface area contributed by atoms with E-state index < -0.39 is 0 Å². The number of rotatable bonds is 3. The Morgan fingerprint density at radius 1 is 1.41 bits per heavy atom. The zero-order chi connectivity index (χ0) is 11.5. The zero-order valence-electron chi connectivity index (χ0n) is 9.69. The first kappa shape index (κ1) is 11.1. The van der Waals surface area contributed by atoms with Gasteiger partial charge in [0.05, 0.1) is 22.9 Å². The van der Waals surface area contributed by atoms with E-state index in [2.05, 4.69) is 28.5 Å². The fraction of sp³-hybridized carbons (Fsp3) is 0.462. The number of aromatic nitrogens is 1. The average Bonchev–Trinajstić information content (AvgIpc) is 2.80. The Bertz CT molecular complexity index is 458. The first-order chi connectivity index (χ1) is 8.42. The minimum atomic E-state index is 0.357. The van der Waals surface area contributed by atoms with E-state index in [9.17, 15) is 0 Å². The second-order valence-electron chi connectivity index (χ2n) is 4.35. The number of hydrogen-bond acceptors (Lipinski definition) is 4. The molecule has 1 saturated heterocycles. The van der Waals surface area contributed by atoms with Gasteiger partial charge in [-0.2, -0.15) is 0 Å². The smallest absolute Gasteiger partial charge is 0.120 e. The van der Waals surface area contributed by atoms with Crippen LogP contribution < -0.4 is 5.32 Å². The summed E-state index contributed by atoms with van der Waals surface area (Å²) in [6.45, 7) is 2.75. The van der Waals surface area contributed by atoms with E-state index in [4.69, 9.17) is 4.74 Å².